The van der Waals surface area contributed by atoms with E-state index in [-0.39, 0.29) is 5.57 Å². The van der Waals surface area contributed by atoms with Gasteiger partial charge in [0, 0.05) is 23.7 Å². The van der Waals surface area contributed by atoms with Gasteiger partial charge in [0.05, 0.1) is 0 Å². The molecule has 0 unspecified atom stereocenters. The number of hydrogen-bond acceptors (Lipinski definition) is 3. The first-order chi connectivity index (χ1) is 9.63. The Morgan fingerprint density at radius 1 is 1.40 bits per heavy atom. The quantitative estimate of drug-likeness (QED) is 0.696. The molecular formula is C15H11ClN2O2. The highest BCUT2D eigenvalue weighted by Gasteiger charge is 2.09. The lowest BCUT2D eigenvalue weighted by atomic mass is 10.2. The fraction of sp³-hybridized carbons (Fsp3) is 0.0667. The highest BCUT2D eigenvalue weighted by atomic mass is 35.5. The lowest BCUT2D eigenvalue weighted by Crippen LogP contribution is -2.18. The van der Waals surface area contributed by atoms with Crippen LogP contribution in [0.1, 0.15) is 5.76 Å². The lowest BCUT2D eigenvalue weighted by Gasteiger charge is -1.97. The molecule has 0 aliphatic carbocycles. The number of nitrogens with one attached hydrogen (secondary N) is 1. The molecule has 1 heterocycles. The molecule has 1 aromatic heterocycles. The molecule has 2 rings (SSSR count). The van der Waals surface area contributed by atoms with E-state index in [2.05, 4.69) is 5.32 Å². The van der Waals surface area contributed by atoms with Gasteiger partial charge in [-0.15, -0.1) is 0 Å². The average Bonchev–Trinajstić information content (AvgIpc) is 2.92. The molecule has 20 heavy (non-hydrogen) atoms. The fourth-order valence-electron chi connectivity index (χ4n) is 1.65. The second-order valence-corrected chi connectivity index (χ2v) is 4.40. The summed E-state index contributed by atoms with van der Waals surface area (Å²) in [7, 11) is 1.47. The van der Waals surface area contributed by atoms with Crippen molar-refractivity contribution in [1.82, 2.24) is 5.32 Å². The topological polar surface area (TPSA) is 66.0 Å². The zero-order valence-corrected chi connectivity index (χ0v) is 11.4. The van der Waals surface area contributed by atoms with Crippen LogP contribution < -0.4 is 5.32 Å². The summed E-state index contributed by atoms with van der Waals surface area (Å²) in [6.45, 7) is 0. The number of rotatable bonds is 3. The molecule has 0 aliphatic heterocycles. The Bertz CT molecular complexity index is 711. The van der Waals surface area contributed by atoms with E-state index in [0.29, 0.717) is 16.5 Å². The van der Waals surface area contributed by atoms with Crippen molar-refractivity contribution in [3.8, 4) is 17.4 Å². The van der Waals surface area contributed by atoms with Crippen LogP contribution in [-0.4, -0.2) is 13.0 Å². The number of carbonyl (C=O) groups is 1. The lowest BCUT2D eigenvalue weighted by molar-refractivity contribution is -0.116. The van der Waals surface area contributed by atoms with E-state index in [9.17, 15) is 4.79 Å². The zero-order chi connectivity index (χ0) is 14.5. The predicted molar refractivity (Wildman–Crippen MR) is 76.8 cm³/mol. The van der Waals surface area contributed by atoms with Crippen molar-refractivity contribution in [2.24, 2.45) is 0 Å². The van der Waals surface area contributed by atoms with Gasteiger partial charge >= 0.3 is 0 Å². The van der Waals surface area contributed by atoms with E-state index in [4.69, 9.17) is 21.3 Å². The summed E-state index contributed by atoms with van der Waals surface area (Å²) in [4.78, 5) is 11.4. The Balaban J connectivity index is 2.32. The minimum Gasteiger partial charge on any atom is -0.457 e. The Hall–Kier alpha value is -2.51. The van der Waals surface area contributed by atoms with E-state index in [1.165, 1.54) is 13.1 Å². The SMILES string of the molecule is CNC(=O)/C(C#N)=C/c1ccc(-c2cccc(Cl)c2)o1. The van der Waals surface area contributed by atoms with Gasteiger partial charge in [-0.2, -0.15) is 5.26 Å². The highest BCUT2D eigenvalue weighted by Crippen LogP contribution is 2.25. The van der Waals surface area contributed by atoms with Gasteiger partial charge in [0.15, 0.2) is 0 Å². The first-order valence-electron chi connectivity index (χ1n) is 5.83. The van der Waals surface area contributed by atoms with Crippen molar-refractivity contribution in [2.45, 2.75) is 0 Å². The van der Waals surface area contributed by atoms with Gasteiger partial charge in [0.25, 0.3) is 5.91 Å². The number of benzene rings is 1. The molecule has 1 N–H and O–H groups in total. The van der Waals surface area contributed by atoms with Gasteiger partial charge < -0.3 is 9.73 Å². The maximum absolute atomic E-state index is 11.4. The van der Waals surface area contributed by atoms with Crippen LogP contribution in [0.4, 0.5) is 0 Å². The summed E-state index contributed by atoms with van der Waals surface area (Å²) in [6.07, 6.45) is 1.40. The third-order valence-electron chi connectivity index (χ3n) is 2.61. The van der Waals surface area contributed by atoms with Crippen LogP contribution in [0.3, 0.4) is 0 Å². The first kappa shape index (κ1) is 13.9. The number of nitrogens with zero attached hydrogens (tertiary/aromatic N) is 1. The van der Waals surface area contributed by atoms with E-state index in [1.54, 1.807) is 24.3 Å². The summed E-state index contributed by atoms with van der Waals surface area (Å²) >= 11 is 5.92. The van der Waals surface area contributed by atoms with Crippen molar-refractivity contribution in [3.63, 3.8) is 0 Å². The van der Waals surface area contributed by atoms with Crippen LogP contribution in [0.15, 0.2) is 46.4 Å². The average molecular weight is 287 g/mol. The highest BCUT2D eigenvalue weighted by molar-refractivity contribution is 6.30. The van der Waals surface area contributed by atoms with Crippen molar-refractivity contribution in [3.05, 3.63) is 52.8 Å². The standard InChI is InChI=1S/C15H11ClN2O2/c1-18-15(19)11(9-17)8-13-5-6-14(20-13)10-3-2-4-12(16)7-10/h2-8H,1H3,(H,18,19)/b11-8+. The number of nitriles is 1. The maximum Gasteiger partial charge on any atom is 0.261 e. The molecule has 0 saturated carbocycles. The minimum atomic E-state index is -0.451. The normalized spacial score (nSPS) is 10.9. The smallest absolute Gasteiger partial charge is 0.261 e. The summed E-state index contributed by atoms with van der Waals surface area (Å²) in [5.41, 5.74) is 0.815. The first-order valence-corrected chi connectivity index (χ1v) is 6.21. The molecule has 1 amide bonds. The molecular weight excluding hydrogens is 276 g/mol. The monoisotopic (exact) mass is 286 g/mol. The Morgan fingerprint density at radius 3 is 2.85 bits per heavy atom. The van der Waals surface area contributed by atoms with Crippen molar-refractivity contribution < 1.29 is 9.21 Å². The number of carbonyl (C=O) groups excluding carboxylic acids is 1. The van der Waals surface area contributed by atoms with Crippen molar-refractivity contribution in [2.75, 3.05) is 7.05 Å². The molecule has 0 radical (unpaired) electrons. The molecule has 2 aromatic rings. The maximum atomic E-state index is 11.4. The summed E-state index contributed by atoms with van der Waals surface area (Å²) < 4.78 is 5.59. The van der Waals surface area contributed by atoms with Crippen LogP contribution in [0, 0.1) is 11.3 Å². The van der Waals surface area contributed by atoms with Crippen molar-refractivity contribution >= 4 is 23.6 Å². The molecule has 0 saturated heterocycles. The summed E-state index contributed by atoms with van der Waals surface area (Å²) in [5, 5.41) is 11.9. The third-order valence-corrected chi connectivity index (χ3v) is 2.85. The molecule has 0 bridgehead atoms. The van der Waals surface area contributed by atoms with Gasteiger partial charge in [-0.25, -0.2) is 0 Å². The van der Waals surface area contributed by atoms with Crippen LogP contribution in [0.25, 0.3) is 17.4 Å². The van der Waals surface area contributed by atoms with Crippen LogP contribution in [0.5, 0.6) is 0 Å². The Kier molecular flexibility index (Phi) is 4.24. The van der Waals surface area contributed by atoms with Gasteiger partial charge in [0.2, 0.25) is 0 Å². The van der Waals surface area contributed by atoms with Crippen molar-refractivity contribution in [1.29, 1.82) is 5.26 Å². The van der Waals surface area contributed by atoms with E-state index >= 15 is 0 Å². The second kappa shape index (κ2) is 6.09. The van der Waals surface area contributed by atoms with E-state index in [1.807, 2.05) is 18.2 Å². The third kappa shape index (κ3) is 3.08. The number of likely N-dealkylation sites (N-methyl/N-ethyl adjacent to an activating group) is 1. The largest absolute Gasteiger partial charge is 0.457 e. The fourth-order valence-corrected chi connectivity index (χ4v) is 1.84. The molecule has 0 atom stereocenters. The van der Waals surface area contributed by atoms with Crippen LogP contribution in [-0.2, 0) is 4.79 Å². The summed E-state index contributed by atoms with van der Waals surface area (Å²) in [6, 6.07) is 12.5. The Morgan fingerprint density at radius 2 is 2.20 bits per heavy atom. The molecule has 4 nitrogen and oxygen atoms in total. The minimum absolute atomic E-state index is 0.0144. The number of furan rings is 1. The van der Waals surface area contributed by atoms with Crippen LogP contribution in [0.2, 0.25) is 5.02 Å². The predicted octanol–water partition coefficient (Wildman–Crippen LogP) is 3.25. The van der Waals surface area contributed by atoms with Crippen LogP contribution >= 0.6 is 11.6 Å². The number of halogens is 1. The van der Waals surface area contributed by atoms with E-state index < -0.39 is 5.91 Å². The molecule has 0 spiro atoms. The van der Waals surface area contributed by atoms with Gasteiger partial charge in [-0.1, -0.05) is 23.7 Å². The molecule has 100 valence electrons. The van der Waals surface area contributed by atoms with Gasteiger partial charge in [-0.3, -0.25) is 4.79 Å². The molecule has 0 aliphatic rings. The van der Waals surface area contributed by atoms with Gasteiger partial charge in [0.1, 0.15) is 23.2 Å². The Labute approximate surface area is 121 Å². The second-order valence-electron chi connectivity index (χ2n) is 3.96. The number of hydrogen-bond donors (Lipinski definition) is 1. The molecule has 0 fully saturated rings. The summed E-state index contributed by atoms with van der Waals surface area (Å²) in [5.74, 6) is 0.598. The number of amides is 1. The van der Waals surface area contributed by atoms with Gasteiger partial charge in [-0.05, 0) is 24.3 Å². The zero-order valence-electron chi connectivity index (χ0n) is 10.7. The van der Waals surface area contributed by atoms with E-state index in [0.717, 1.165) is 5.56 Å². The molecule has 1 aromatic carbocycles. The molecule has 5 heteroatoms.